The number of ether oxygens (including phenoxy) is 1. The van der Waals surface area contributed by atoms with Gasteiger partial charge < -0.3 is 14.7 Å². The molecule has 0 spiro atoms. The maximum atomic E-state index is 12.0. The molecule has 0 atom stereocenters. The number of phenolic OH excluding ortho intramolecular Hbond substituents is 1. The van der Waals surface area contributed by atoms with E-state index in [-0.39, 0.29) is 23.3 Å². The predicted molar refractivity (Wildman–Crippen MR) is 61.9 cm³/mol. The Balaban J connectivity index is 3.09. The zero-order chi connectivity index (χ0) is 12.3. The summed E-state index contributed by atoms with van der Waals surface area (Å²) < 4.78 is 4.96. The largest absolute Gasteiger partial charge is 0.504 e. The smallest absolute Gasteiger partial charge is 0.257 e. The third kappa shape index (κ3) is 2.27. The van der Waals surface area contributed by atoms with Crippen LogP contribution in [0.4, 0.5) is 0 Å². The SMILES string of the molecule is COc1cccc(C(=O)N(C)C(C)C)c1O. The average Bonchev–Trinajstić information content (AvgIpc) is 2.27. The highest BCUT2D eigenvalue weighted by molar-refractivity contribution is 5.97. The number of para-hydroxylation sites is 1. The van der Waals surface area contributed by atoms with Crippen LogP contribution in [0.3, 0.4) is 0 Å². The van der Waals surface area contributed by atoms with Crippen LogP contribution in [0.25, 0.3) is 0 Å². The van der Waals surface area contributed by atoms with E-state index in [9.17, 15) is 9.90 Å². The van der Waals surface area contributed by atoms with Gasteiger partial charge in [-0.1, -0.05) is 6.07 Å². The first kappa shape index (κ1) is 12.4. The number of aromatic hydroxyl groups is 1. The minimum Gasteiger partial charge on any atom is -0.504 e. The monoisotopic (exact) mass is 223 g/mol. The molecule has 0 saturated heterocycles. The van der Waals surface area contributed by atoms with Crippen LogP contribution >= 0.6 is 0 Å². The van der Waals surface area contributed by atoms with Gasteiger partial charge in [-0.05, 0) is 26.0 Å². The molecule has 0 unspecified atom stereocenters. The molecule has 0 fully saturated rings. The highest BCUT2D eigenvalue weighted by atomic mass is 16.5. The van der Waals surface area contributed by atoms with Crippen LogP contribution in [0, 0.1) is 0 Å². The van der Waals surface area contributed by atoms with Crippen LogP contribution in [0.2, 0.25) is 0 Å². The van der Waals surface area contributed by atoms with Crippen LogP contribution < -0.4 is 4.74 Å². The lowest BCUT2D eigenvalue weighted by molar-refractivity contribution is 0.0751. The van der Waals surface area contributed by atoms with Gasteiger partial charge in [0.25, 0.3) is 5.91 Å². The highest BCUT2D eigenvalue weighted by Crippen LogP contribution is 2.30. The number of benzene rings is 1. The van der Waals surface area contributed by atoms with Crippen molar-refractivity contribution in [2.75, 3.05) is 14.2 Å². The Morgan fingerprint density at radius 3 is 2.56 bits per heavy atom. The van der Waals surface area contributed by atoms with Gasteiger partial charge in [0.15, 0.2) is 11.5 Å². The van der Waals surface area contributed by atoms with E-state index in [2.05, 4.69) is 0 Å². The molecule has 1 N–H and O–H groups in total. The summed E-state index contributed by atoms with van der Waals surface area (Å²) in [6, 6.07) is 4.96. The Bertz CT molecular complexity index is 388. The molecular formula is C12H17NO3. The van der Waals surface area contributed by atoms with E-state index in [1.54, 1.807) is 30.1 Å². The molecule has 0 saturated carbocycles. The normalized spacial score (nSPS) is 10.3. The molecule has 4 heteroatoms. The second-order valence-electron chi connectivity index (χ2n) is 3.87. The molecule has 0 aliphatic carbocycles. The van der Waals surface area contributed by atoms with Gasteiger partial charge in [-0.15, -0.1) is 0 Å². The molecule has 1 aromatic rings. The van der Waals surface area contributed by atoms with Gasteiger partial charge in [-0.2, -0.15) is 0 Å². The second-order valence-corrected chi connectivity index (χ2v) is 3.87. The maximum Gasteiger partial charge on any atom is 0.257 e. The van der Waals surface area contributed by atoms with Gasteiger partial charge in [0, 0.05) is 13.1 Å². The van der Waals surface area contributed by atoms with Crippen molar-refractivity contribution in [3.8, 4) is 11.5 Å². The fourth-order valence-corrected chi connectivity index (χ4v) is 1.28. The number of phenols is 1. The molecule has 88 valence electrons. The van der Waals surface area contributed by atoms with E-state index in [0.29, 0.717) is 5.75 Å². The number of nitrogens with zero attached hydrogens (tertiary/aromatic N) is 1. The lowest BCUT2D eigenvalue weighted by Crippen LogP contribution is -2.33. The number of methoxy groups -OCH3 is 1. The minimum absolute atomic E-state index is 0.0816. The summed E-state index contributed by atoms with van der Waals surface area (Å²) in [4.78, 5) is 13.5. The second kappa shape index (κ2) is 4.88. The highest BCUT2D eigenvalue weighted by Gasteiger charge is 2.19. The molecule has 0 heterocycles. The van der Waals surface area contributed by atoms with Crippen LogP contribution in [0.1, 0.15) is 24.2 Å². The Hall–Kier alpha value is -1.71. The van der Waals surface area contributed by atoms with Crippen molar-refractivity contribution in [1.29, 1.82) is 0 Å². The van der Waals surface area contributed by atoms with E-state index in [4.69, 9.17) is 4.74 Å². The Morgan fingerprint density at radius 1 is 1.44 bits per heavy atom. The molecule has 0 aromatic heterocycles. The van der Waals surface area contributed by atoms with E-state index in [0.717, 1.165) is 0 Å². The van der Waals surface area contributed by atoms with Crippen LogP contribution in [-0.4, -0.2) is 36.1 Å². The summed E-state index contributed by atoms with van der Waals surface area (Å²) in [6.45, 7) is 3.82. The lowest BCUT2D eigenvalue weighted by atomic mass is 10.1. The molecule has 0 aliphatic heterocycles. The van der Waals surface area contributed by atoms with Gasteiger partial charge >= 0.3 is 0 Å². The third-order valence-corrected chi connectivity index (χ3v) is 2.54. The Morgan fingerprint density at radius 2 is 2.06 bits per heavy atom. The van der Waals surface area contributed by atoms with Crippen molar-refractivity contribution in [1.82, 2.24) is 4.90 Å². The topological polar surface area (TPSA) is 49.8 Å². The summed E-state index contributed by atoms with van der Waals surface area (Å²) in [5, 5.41) is 9.82. The number of carbonyl (C=O) groups excluding carboxylic acids is 1. The zero-order valence-corrected chi connectivity index (χ0v) is 10.0. The molecule has 4 nitrogen and oxygen atoms in total. The van der Waals surface area contributed by atoms with Crippen LogP contribution in [0.5, 0.6) is 11.5 Å². The molecular weight excluding hydrogens is 206 g/mol. The fourth-order valence-electron chi connectivity index (χ4n) is 1.28. The first-order valence-electron chi connectivity index (χ1n) is 5.12. The molecule has 0 aliphatic rings. The summed E-state index contributed by atoms with van der Waals surface area (Å²) >= 11 is 0. The summed E-state index contributed by atoms with van der Waals surface area (Å²) in [7, 11) is 3.15. The van der Waals surface area contributed by atoms with E-state index >= 15 is 0 Å². The number of carbonyl (C=O) groups is 1. The van der Waals surface area contributed by atoms with Crippen molar-refractivity contribution in [3.05, 3.63) is 23.8 Å². The van der Waals surface area contributed by atoms with Crippen LogP contribution in [0.15, 0.2) is 18.2 Å². The summed E-state index contributed by atoms with van der Waals surface area (Å²) in [6.07, 6.45) is 0. The van der Waals surface area contributed by atoms with E-state index in [1.807, 2.05) is 13.8 Å². The quantitative estimate of drug-likeness (QED) is 0.851. The van der Waals surface area contributed by atoms with Gasteiger partial charge in [-0.3, -0.25) is 4.79 Å². The summed E-state index contributed by atoms with van der Waals surface area (Å²) in [5.41, 5.74) is 0.260. The van der Waals surface area contributed by atoms with E-state index < -0.39 is 0 Å². The van der Waals surface area contributed by atoms with E-state index in [1.165, 1.54) is 7.11 Å². The van der Waals surface area contributed by atoms with Crippen molar-refractivity contribution in [2.24, 2.45) is 0 Å². The summed E-state index contributed by atoms with van der Waals surface area (Å²) in [5.74, 6) is -0.0168. The van der Waals surface area contributed by atoms with Gasteiger partial charge in [0.1, 0.15) is 0 Å². The maximum absolute atomic E-state index is 12.0. The molecule has 1 rings (SSSR count). The lowest BCUT2D eigenvalue weighted by Gasteiger charge is -2.22. The first-order chi connectivity index (χ1) is 7.49. The van der Waals surface area contributed by atoms with Crippen molar-refractivity contribution < 1.29 is 14.6 Å². The first-order valence-corrected chi connectivity index (χ1v) is 5.12. The number of hydrogen-bond acceptors (Lipinski definition) is 3. The average molecular weight is 223 g/mol. The Kier molecular flexibility index (Phi) is 3.77. The number of hydrogen-bond donors (Lipinski definition) is 1. The van der Waals surface area contributed by atoms with Gasteiger partial charge in [0.05, 0.1) is 12.7 Å². The predicted octanol–water partition coefficient (Wildman–Crippen LogP) is 1.88. The third-order valence-electron chi connectivity index (χ3n) is 2.54. The van der Waals surface area contributed by atoms with Crippen molar-refractivity contribution in [3.63, 3.8) is 0 Å². The molecule has 0 radical (unpaired) electrons. The van der Waals surface area contributed by atoms with Gasteiger partial charge in [0.2, 0.25) is 0 Å². The zero-order valence-electron chi connectivity index (χ0n) is 10.0. The molecule has 0 bridgehead atoms. The molecule has 1 amide bonds. The minimum atomic E-state index is -0.216. The van der Waals surface area contributed by atoms with Crippen molar-refractivity contribution >= 4 is 5.91 Å². The Labute approximate surface area is 95.5 Å². The van der Waals surface area contributed by atoms with Gasteiger partial charge in [-0.25, -0.2) is 0 Å². The number of rotatable bonds is 3. The molecule has 1 aromatic carbocycles. The van der Waals surface area contributed by atoms with Crippen molar-refractivity contribution in [2.45, 2.75) is 19.9 Å². The molecule has 16 heavy (non-hydrogen) atoms. The number of amides is 1. The van der Waals surface area contributed by atoms with Crippen LogP contribution in [-0.2, 0) is 0 Å². The fraction of sp³-hybridized carbons (Fsp3) is 0.417. The standard InChI is InChI=1S/C12H17NO3/c1-8(2)13(3)12(15)9-6-5-7-10(16-4)11(9)14/h5-8,14H,1-4H3.